The van der Waals surface area contributed by atoms with E-state index in [0.717, 1.165) is 43.6 Å². The van der Waals surface area contributed by atoms with Gasteiger partial charge in [-0.15, -0.1) is 6.58 Å². The van der Waals surface area contributed by atoms with Gasteiger partial charge in [0.1, 0.15) is 5.75 Å². The Morgan fingerprint density at radius 3 is 2.35 bits per heavy atom. The molecule has 0 spiro atoms. The van der Waals surface area contributed by atoms with Gasteiger partial charge in [0.2, 0.25) is 0 Å². The highest BCUT2D eigenvalue weighted by Crippen LogP contribution is 2.40. The predicted octanol–water partition coefficient (Wildman–Crippen LogP) is 4.88. The summed E-state index contributed by atoms with van der Waals surface area (Å²) in [5.41, 5.74) is 3.01. The van der Waals surface area contributed by atoms with Crippen LogP contribution in [-0.4, -0.2) is 58.6 Å². The number of rotatable bonds is 7. The van der Waals surface area contributed by atoms with E-state index in [9.17, 15) is 9.90 Å². The van der Waals surface area contributed by atoms with Crippen molar-refractivity contribution in [3.63, 3.8) is 0 Å². The number of aromatic hydroxyl groups is 1. The van der Waals surface area contributed by atoms with Crippen LogP contribution in [0.25, 0.3) is 0 Å². The molecule has 0 aromatic heterocycles. The zero-order valence-corrected chi connectivity index (χ0v) is 20.0. The van der Waals surface area contributed by atoms with Gasteiger partial charge >= 0.3 is 0 Å². The van der Waals surface area contributed by atoms with Crippen LogP contribution in [0.2, 0.25) is 0 Å². The smallest absolute Gasteiger partial charge is 0.251 e. The van der Waals surface area contributed by atoms with Crippen LogP contribution in [0.1, 0.15) is 72.5 Å². The Balaban J connectivity index is 1.44. The van der Waals surface area contributed by atoms with Gasteiger partial charge in [0, 0.05) is 43.3 Å². The van der Waals surface area contributed by atoms with Gasteiger partial charge in [-0.2, -0.15) is 0 Å². The number of carbonyl (C=O) groups excluding carboxylic acids is 1. The molecule has 2 aromatic rings. The molecule has 180 valence electrons. The van der Waals surface area contributed by atoms with Crippen molar-refractivity contribution in [2.24, 2.45) is 0 Å². The minimum atomic E-state index is 0.0299. The summed E-state index contributed by atoms with van der Waals surface area (Å²) in [7, 11) is 0. The van der Waals surface area contributed by atoms with E-state index < -0.39 is 0 Å². The summed E-state index contributed by atoms with van der Waals surface area (Å²) in [6.07, 6.45) is 10.2. The van der Waals surface area contributed by atoms with E-state index in [4.69, 9.17) is 0 Å². The van der Waals surface area contributed by atoms with Gasteiger partial charge in [-0.3, -0.25) is 14.6 Å². The quantitative estimate of drug-likeness (QED) is 0.580. The largest absolute Gasteiger partial charge is 0.508 e. The molecule has 0 radical (unpaired) electrons. The molecule has 1 amide bonds. The summed E-state index contributed by atoms with van der Waals surface area (Å²) in [6.45, 7) is 6.96. The van der Waals surface area contributed by atoms with E-state index in [1.54, 1.807) is 6.07 Å². The number of hydrogen-bond donors (Lipinski definition) is 2. The van der Waals surface area contributed by atoms with Crippen LogP contribution in [0.5, 0.6) is 5.75 Å². The van der Waals surface area contributed by atoms with Crippen molar-refractivity contribution in [1.82, 2.24) is 15.1 Å². The molecule has 3 aliphatic rings. The van der Waals surface area contributed by atoms with E-state index >= 15 is 0 Å². The van der Waals surface area contributed by atoms with Crippen LogP contribution < -0.4 is 5.32 Å². The molecular formula is C29H37N3O2. The third-order valence-electron chi connectivity index (χ3n) is 7.91. The monoisotopic (exact) mass is 459 g/mol. The standard InChI is InChI=1S/C29H37N3O2/c1-2-17-31-19-25-10-6-11-26(20-31)32(25)28(23-7-5-12-27(33)18-23)21-13-15-22(16-14-21)29(34)30-24-8-3-4-9-24/h2,5,7,12-16,18,24-26,28,33H,1,3-4,6,8-11,17,19-20H2,(H,30,34). The van der Waals surface area contributed by atoms with Crippen LogP contribution in [0, 0.1) is 0 Å². The SMILES string of the molecule is C=CCN1CC2CCCC(C1)N2C(c1ccc(C(=O)NC2CCCC2)cc1)c1cccc(O)c1. The predicted molar refractivity (Wildman–Crippen MR) is 136 cm³/mol. The third kappa shape index (κ3) is 4.91. The number of phenolic OH excluding ortho intramolecular Hbond substituents is 1. The first-order valence-electron chi connectivity index (χ1n) is 12.9. The molecule has 1 saturated carbocycles. The van der Waals surface area contributed by atoms with Gasteiger partial charge in [-0.1, -0.05) is 49.6 Å². The lowest BCUT2D eigenvalue weighted by Gasteiger charge is -2.53. The fourth-order valence-corrected chi connectivity index (χ4v) is 6.37. The average Bonchev–Trinajstić information content (AvgIpc) is 3.33. The molecular weight excluding hydrogens is 422 g/mol. The van der Waals surface area contributed by atoms with Gasteiger partial charge in [0.15, 0.2) is 0 Å². The maximum Gasteiger partial charge on any atom is 0.251 e. The highest BCUT2D eigenvalue weighted by atomic mass is 16.3. The first-order valence-corrected chi connectivity index (χ1v) is 12.9. The van der Waals surface area contributed by atoms with E-state index in [2.05, 4.69) is 39.9 Å². The lowest BCUT2D eigenvalue weighted by molar-refractivity contribution is -0.0250. The lowest BCUT2D eigenvalue weighted by atomic mass is 9.85. The molecule has 2 aromatic carbocycles. The number of carbonyl (C=O) groups is 1. The van der Waals surface area contributed by atoms with Crippen molar-refractivity contribution >= 4 is 5.91 Å². The van der Waals surface area contributed by atoms with E-state index in [1.165, 1.54) is 37.7 Å². The molecule has 3 unspecified atom stereocenters. The molecule has 2 N–H and O–H groups in total. The Kier molecular flexibility index (Phi) is 7.02. The molecule has 2 saturated heterocycles. The molecule has 2 aliphatic heterocycles. The second-order valence-corrected chi connectivity index (χ2v) is 10.3. The summed E-state index contributed by atoms with van der Waals surface area (Å²) in [5, 5.41) is 13.5. The molecule has 5 heteroatoms. The number of piperazine rings is 1. The summed E-state index contributed by atoms with van der Waals surface area (Å²) in [6, 6.07) is 17.2. The van der Waals surface area contributed by atoms with Crippen molar-refractivity contribution < 1.29 is 9.90 Å². The number of likely N-dealkylation sites (tertiary alicyclic amines) is 1. The molecule has 3 atom stereocenters. The van der Waals surface area contributed by atoms with Crippen LogP contribution in [0.3, 0.4) is 0 Å². The fraction of sp³-hybridized carbons (Fsp3) is 0.483. The highest BCUT2D eigenvalue weighted by Gasteiger charge is 2.41. The Morgan fingerprint density at radius 2 is 1.71 bits per heavy atom. The van der Waals surface area contributed by atoms with E-state index in [0.29, 0.717) is 23.9 Å². The van der Waals surface area contributed by atoms with Gasteiger partial charge < -0.3 is 10.4 Å². The van der Waals surface area contributed by atoms with Crippen LogP contribution in [0.4, 0.5) is 0 Å². The summed E-state index contributed by atoms with van der Waals surface area (Å²) >= 11 is 0. The van der Waals surface area contributed by atoms with Crippen molar-refractivity contribution in [3.8, 4) is 5.75 Å². The van der Waals surface area contributed by atoms with Gasteiger partial charge in [0.05, 0.1) is 6.04 Å². The molecule has 2 bridgehead atoms. The van der Waals surface area contributed by atoms with Gasteiger partial charge in [0.25, 0.3) is 5.91 Å². The maximum absolute atomic E-state index is 12.8. The summed E-state index contributed by atoms with van der Waals surface area (Å²) in [5.74, 6) is 0.327. The van der Waals surface area contributed by atoms with E-state index in [-0.39, 0.29) is 11.9 Å². The first kappa shape index (κ1) is 23.1. The van der Waals surface area contributed by atoms with Crippen molar-refractivity contribution in [3.05, 3.63) is 77.9 Å². The number of hydrogen-bond acceptors (Lipinski definition) is 4. The number of nitrogens with one attached hydrogen (secondary N) is 1. The lowest BCUT2D eigenvalue weighted by Crippen LogP contribution is -2.61. The molecule has 3 fully saturated rings. The molecule has 34 heavy (non-hydrogen) atoms. The van der Waals surface area contributed by atoms with Crippen LogP contribution in [0.15, 0.2) is 61.2 Å². The topological polar surface area (TPSA) is 55.8 Å². The minimum Gasteiger partial charge on any atom is -0.508 e. The van der Waals surface area contributed by atoms with Crippen molar-refractivity contribution in [2.45, 2.75) is 69.1 Å². The molecule has 1 aliphatic carbocycles. The van der Waals surface area contributed by atoms with Crippen LogP contribution >= 0.6 is 0 Å². The highest BCUT2D eigenvalue weighted by molar-refractivity contribution is 5.94. The maximum atomic E-state index is 12.8. The Bertz CT molecular complexity index is 985. The number of benzene rings is 2. The first-order chi connectivity index (χ1) is 16.6. The zero-order valence-electron chi connectivity index (χ0n) is 20.0. The number of phenols is 1. The number of piperidine rings is 1. The Hall–Kier alpha value is -2.63. The number of fused-ring (bicyclic) bond motifs is 2. The summed E-state index contributed by atoms with van der Waals surface area (Å²) < 4.78 is 0. The average molecular weight is 460 g/mol. The Morgan fingerprint density at radius 1 is 1.00 bits per heavy atom. The summed E-state index contributed by atoms with van der Waals surface area (Å²) in [4.78, 5) is 18.0. The minimum absolute atomic E-state index is 0.0299. The third-order valence-corrected chi connectivity index (χ3v) is 7.91. The van der Waals surface area contributed by atoms with Crippen molar-refractivity contribution in [1.29, 1.82) is 0 Å². The number of amides is 1. The molecule has 2 heterocycles. The second-order valence-electron chi connectivity index (χ2n) is 10.3. The van der Waals surface area contributed by atoms with Crippen molar-refractivity contribution in [2.75, 3.05) is 19.6 Å². The number of nitrogens with zero attached hydrogens (tertiary/aromatic N) is 2. The second kappa shape index (κ2) is 10.3. The zero-order chi connectivity index (χ0) is 23.5. The molecule has 5 rings (SSSR count). The van der Waals surface area contributed by atoms with E-state index in [1.807, 2.05) is 30.3 Å². The van der Waals surface area contributed by atoms with Crippen LogP contribution in [-0.2, 0) is 0 Å². The molecule has 5 nitrogen and oxygen atoms in total. The van der Waals surface area contributed by atoms with Gasteiger partial charge in [-0.25, -0.2) is 0 Å². The Labute approximate surface area is 203 Å². The van der Waals surface area contributed by atoms with Gasteiger partial charge in [-0.05, 0) is 61.1 Å². The normalized spacial score (nSPS) is 24.6. The fourth-order valence-electron chi connectivity index (χ4n) is 6.37.